The Morgan fingerprint density at radius 2 is 1.87 bits per heavy atom. The maximum Gasteiger partial charge on any atom is 0.227 e. The Morgan fingerprint density at radius 1 is 1.13 bits per heavy atom. The van der Waals surface area contributed by atoms with Gasteiger partial charge in [0.25, 0.3) is 0 Å². The number of halogens is 1. The van der Waals surface area contributed by atoms with Crippen molar-refractivity contribution in [1.82, 2.24) is 24.5 Å². The molecule has 2 aromatic carbocycles. The number of fused-ring (bicyclic) bond motifs is 1. The summed E-state index contributed by atoms with van der Waals surface area (Å²) in [6, 6.07) is 11.6. The number of carbonyl (C=O) groups excluding carboxylic acids is 1. The molecule has 4 aromatic rings. The number of nitrogens with zero attached hydrogens (tertiary/aromatic N) is 5. The zero-order valence-corrected chi connectivity index (χ0v) is 16.6. The normalized spacial score (nSPS) is 11.2. The number of ether oxygens (including phenoxy) is 1. The van der Waals surface area contributed by atoms with E-state index in [1.165, 1.54) is 12.1 Å². The van der Waals surface area contributed by atoms with Gasteiger partial charge in [-0.1, -0.05) is 6.07 Å². The molecule has 2 aromatic heterocycles. The smallest absolute Gasteiger partial charge is 0.227 e. The molecule has 0 saturated carbocycles. The second kappa shape index (κ2) is 8.32. The Balaban J connectivity index is 1.71. The van der Waals surface area contributed by atoms with Crippen molar-refractivity contribution in [3.63, 3.8) is 0 Å². The topological polar surface area (TPSA) is 86.9 Å². The van der Waals surface area contributed by atoms with Crippen LogP contribution in [0.25, 0.3) is 16.6 Å². The van der Waals surface area contributed by atoms with Crippen molar-refractivity contribution in [2.45, 2.75) is 32.9 Å². The van der Waals surface area contributed by atoms with Gasteiger partial charge in [-0.2, -0.15) is 0 Å². The van der Waals surface area contributed by atoms with Gasteiger partial charge in [-0.25, -0.2) is 9.07 Å². The lowest BCUT2D eigenvalue weighted by molar-refractivity contribution is -0.116. The Morgan fingerprint density at radius 3 is 2.57 bits per heavy atom. The molecule has 0 fully saturated rings. The van der Waals surface area contributed by atoms with Crippen LogP contribution in [0.5, 0.6) is 5.75 Å². The van der Waals surface area contributed by atoms with Gasteiger partial charge in [0.15, 0.2) is 5.82 Å². The monoisotopic (exact) mass is 408 g/mol. The molecular formula is C21H21FN6O2. The van der Waals surface area contributed by atoms with E-state index in [9.17, 15) is 9.18 Å². The summed E-state index contributed by atoms with van der Waals surface area (Å²) < 4.78 is 22.7. The maximum absolute atomic E-state index is 13.4. The number of hydrogen-bond donors (Lipinski definition) is 1. The minimum Gasteiger partial charge on any atom is -0.490 e. The van der Waals surface area contributed by atoms with Crippen LogP contribution in [0, 0.1) is 5.82 Å². The third-order valence-electron chi connectivity index (χ3n) is 4.42. The van der Waals surface area contributed by atoms with E-state index in [4.69, 9.17) is 4.74 Å². The molecule has 0 bridgehead atoms. The fourth-order valence-corrected chi connectivity index (χ4v) is 3.12. The second-order valence-corrected chi connectivity index (χ2v) is 7.05. The van der Waals surface area contributed by atoms with Crippen LogP contribution in [-0.2, 0) is 11.3 Å². The first-order valence-corrected chi connectivity index (χ1v) is 9.58. The van der Waals surface area contributed by atoms with Gasteiger partial charge in [-0.05, 0) is 50.2 Å². The fourth-order valence-electron chi connectivity index (χ4n) is 3.12. The van der Waals surface area contributed by atoms with E-state index in [2.05, 4.69) is 20.6 Å². The molecule has 0 unspecified atom stereocenters. The molecular weight excluding hydrogens is 387 g/mol. The highest BCUT2D eigenvalue weighted by molar-refractivity contribution is 6.03. The van der Waals surface area contributed by atoms with Crippen LogP contribution in [0.1, 0.15) is 20.3 Å². The van der Waals surface area contributed by atoms with Crippen LogP contribution in [0.3, 0.4) is 0 Å². The SMILES string of the molecule is CC(C)Oc1cccc2c1c(NC(=O)CCn1cnnc1)nn2-c1ccc(F)cc1. The van der Waals surface area contributed by atoms with Gasteiger partial charge in [0.05, 0.1) is 22.7 Å². The van der Waals surface area contributed by atoms with E-state index in [0.29, 0.717) is 29.2 Å². The maximum atomic E-state index is 13.4. The molecule has 4 rings (SSSR count). The van der Waals surface area contributed by atoms with Crippen molar-refractivity contribution in [3.05, 3.63) is 60.9 Å². The molecule has 1 N–H and O–H groups in total. The van der Waals surface area contributed by atoms with Gasteiger partial charge in [0, 0.05) is 13.0 Å². The number of amides is 1. The number of anilines is 1. The van der Waals surface area contributed by atoms with E-state index < -0.39 is 0 Å². The molecule has 0 aliphatic rings. The second-order valence-electron chi connectivity index (χ2n) is 7.05. The summed E-state index contributed by atoms with van der Waals surface area (Å²) >= 11 is 0. The average molecular weight is 408 g/mol. The molecule has 9 heteroatoms. The quantitative estimate of drug-likeness (QED) is 0.505. The van der Waals surface area contributed by atoms with Crippen molar-refractivity contribution in [1.29, 1.82) is 0 Å². The molecule has 0 atom stereocenters. The van der Waals surface area contributed by atoms with Crippen molar-refractivity contribution in [2.24, 2.45) is 0 Å². The highest BCUT2D eigenvalue weighted by Gasteiger charge is 2.19. The predicted octanol–water partition coefficient (Wildman–Crippen LogP) is 3.57. The number of rotatable bonds is 7. The number of carbonyl (C=O) groups is 1. The van der Waals surface area contributed by atoms with Crippen molar-refractivity contribution in [3.8, 4) is 11.4 Å². The highest BCUT2D eigenvalue weighted by Crippen LogP contribution is 2.34. The molecule has 154 valence electrons. The van der Waals surface area contributed by atoms with Gasteiger partial charge in [0.1, 0.15) is 24.2 Å². The van der Waals surface area contributed by atoms with Crippen molar-refractivity contribution in [2.75, 3.05) is 5.32 Å². The number of benzene rings is 2. The zero-order chi connectivity index (χ0) is 21.1. The van der Waals surface area contributed by atoms with E-state index in [1.54, 1.807) is 34.0 Å². The minimum absolute atomic E-state index is 0.0536. The lowest BCUT2D eigenvalue weighted by Gasteiger charge is -2.12. The van der Waals surface area contributed by atoms with Gasteiger partial charge in [0.2, 0.25) is 5.91 Å². The van der Waals surface area contributed by atoms with E-state index in [0.717, 1.165) is 5.52 Å². The van der Waals surface area contributed by atoms with Crippen LogP contribution >= 0.6 is 0 Å². The van der Waals surface area contributed by atoms with Crippen LogP contribution in [0.15, 0.2) is 55.1 Å². The van der Waals surface area contributed by atoms with Crippen LogP contribution in [0.4, 0.5) is 10.2 Å². The molecule has 0 aliphatic carbocycles. The van der Waals surface area contributed by atoms with Crippen molar-refractivity contribution >= 4 is 22.6 Å². The van der Waals surface area contributed by atoms with E-state index in [-0.39, 0.29) is 24.2 Å². The molecule has 2 heterocycles. The molecule has 0 aliphatic heterocycles. The summed E-state index contributed by atoms with van der Waals surface area (Å²) in [5.74, 6) is 0.472. The van der Waals surface area contributed by atoms with Crippen molar-refractivity contribution < 1.29 is 13.9 Å². The first-order chi connectivity index (χ1) is 14.5. The lowest BCUT2D eigenvalue weighted by atomic mass is 10.2. The van der Waals surface area contributed by atoms with Crippen LogP contribution < -0.4 is 10.1 Å². The van der Waals surface area contributed by atoms with Crippen LogP contribution in [0.2, 0.25) is 0 Å². The first kappa shape index (κ1) is 19.6. The largest absolute Gasteiger partial charge is 0.490 e. The Kier molecular flexibility index (Phi) is 5.42. The Hall–Kier alpha value is -3.75. The van der Waals surface area contributed by atoms with E-state index >= 15 is 0 Å². The number of hydrogen-bond acceptors (Lipinski definition) is 5. The summed E-state index contributed by atoms with van der Waals surface area (Å²) in [6.45, 7) is 4.31. The fraction of sp³-hybridized carbons (Fsp3) is 0.238. The van der Waals surface area contributed by atoms with Gasteiger partial charge >= 0.3 is 0 Å². The molecule has 30 heavy (non-hydrogen) atoms. The summed E-state index contributed by atoms with van der Waals surface area (Å²) in [7, 11) is 0. The van der Waals surface area contributed by atoms with Gasteiger partial charge in [-0.15, -0.1) is 15.3 Å². The molecule has 8 nitrogen and oxygen atoms in total. The molecule has 0 saturated heterocycles. The Bertz CT molecular complexity index is 1150. The zero-order valence-electron chi connectivity index (χ0n) is 16.6. The standard InChI is InChI=1S/C21H21FN6O2/c1-14(2)30-18-5-3-4-17-20(18)21(25-19(29)10-11-27-12-23-24-13-27)26-28(17)16-8-6-15(22)7-9-16/h3-9,12-14H,10-11H2,1-2H3,(H,25,26,29). The third kappa shape index (κ3) is 4.14. The average Bonchev–Trinajstić information content (AvgIpc) is 3.35. The lowest BCUT2D eigenvalue weighted by Crippen LogP contribution is -2.15. The minimum atomic E-state index is -0.332. The Labute approximate surface area is 172 Å². The number of aromatic nitrogens is 5. The third-order valence-corrected chi connectivity index (χ3v) is 4.42. The van der Waals surface area contributed by atoms with Gasteiger partial charge < -0.3 is 14.6 Å². The summed E-state index contributed by atoms with van der Waals surface area (Å²) in [5.41, 5.74) is 1.42. The van der Waals surface area contributed by atoms with E-state index in [1.807, 2.05) is 32.0 Å². The summed E-state index contributed by atoms with van der Waals surface area (Å²) in [6.07, 6.45) is 3.29. The molecule has 0 radical (unpaired) electrons. The number of nitrogens with one attached hydrogen (secondary N) is 1. The summed E-state index contributed by atoms with van der Waals surface area (Å²) in [5, 5.41) is 15.6. The molecule has 0 spiro atoms. The predicted molar refractivity (Wildman–Crippen MR) is 110 cm³/mol. The number of aryl methyl sites for hydroxylation is 1. The van der Waals surface area contributed by atoms with Crippen LogP contribution in [-0.4, -0.2) is 36.6 Å². The summed E-state index contributed by atoms with van der Waals surface area (Å²) in [4.78, 5) is 12.6. The van der Waals surface area contributed by atoms with Gasteiger partial charge in [-0.3, -0.25) is 4.79 Å². The molecule has 1 amide bonds. The highest BCUT2D eigenvalue weighted by atomic mass is 19.1. The first-order valence-electron chi connectivity index (χ1n) is 9.58.